The average Bonchev–Trinajstić information content (AvgIpc) is 3.39. The van der Waals surface area contributed by atoms with Crippen molar-refractivity contribution >= 4 is 29.1 Å². The van der Waals surface area contributed by atoms with Crippen molar-refractivity contribution in [1.29, 1.82) is 0 Å². The van der Waals surface area contributed by atoms with E-state index in [9.17, 15) is 23.9 Å². The second-order valence-corrected chi connectivity index (χ2v) is 9.93. The molecule has 3 N–H and O–H groups in total. The highest BCUT2D eigenvalue weighted by atomic mass is 19.1. The first kappa shape index (κ1) is 22.4. The molecule has 3 aliphatic rings. The van der Waals surface area contributed by atoms with E-state index in [2.05, 4.69) is 10.6 Å². The van der Waals surface area contributed by atoms with E-state index >= 15 is 0 Å². The van der Waals surface area contributed by atoms with Gasteiger partial charge in [-0.05, 0) is 79.4 Å². The van der Waals surface area contributed by atoms with Crippen LogP contribution in [0.1, 0.15) is 22.3 Å². The number of benzene rings is 3. The van der Waals surface area contributed by atoms with Gasteiger partial charge in [-0.25, -0.2) is 9.29 Å². The maximum absolute atomic E-state index is 14.4. The summed E-state index contributed by atoms with van der Waals surface area (Å²) in [6.07, 6.45) is 0.334. The Bertz CT molecular complexity index is 1430. The molecule has 7 nitrogen and oxygen atoms in total. The number of fused-ring (bicyclic) bond motifs is 4. The van der Waals surface area contributed by atoms with E-state index in [1.54, 1.807) is 36.4 Å². The highest BCUT2D eigenvalue weighted by Crippen LogP contribution is 2.54. The third kappa shape index (κ3) is 3.10. The molecule has 3 aromatic carbocycles. The van der Waals surface area contributed by atoms with Crippen molar-refractivity contribution in [3.05, 3.63) is 88.7 Å². The number of halogens is 1. The summed E-state index contributed by atoms with van der Waals surface area (Å²) in [6.45, 7) is 3.78. The number of nitrogens with zero attached hydrogens (tertiary/aromatic N) is 1. The van der Waals surface area contributed by atoms with Crippen LogP contribution in [-0.2, 0) is 26.3 Å². The molecular formula is C28H24FN3O4. The number of rotatable bonds is 3. The van der Waals surface area contributed by atoms with Crippen LogP contribution in [0.25, 0.3) is 0 Å². The monoisotopic (exact) mass is 485 g/mol. The molecule has 0 unspecified atom stereocenters. The third-order valence-corrected chi connectivity index (χ3v) is 7.53. The highest BCUT2D eigenvalue weighted by molar-refractivity contribution is 6.25. The highest BCUT2D eigenvalue weighted by Gasteiger charge is 2.70. The second-order valence-electron chi connectivity index (χ2n) is 9.93. The number of amides is 3. The van der Waals surface area contributed by atoms with E-state index < -0.39 is 41.0 Å². The van der Waals surface area contributed by atoms with Crippen molar-refractivity contribution in [2.75, 3.05) is 10.2 Å². The van der Waals surface area contributed by atoms with Crippen molar-refractivity contribution in [1.82, 2.24) is 5.32 Å². The molecule has 3 heterocycles. The predicted octanol–water partition coefficient (Wildman–Crippen LogP) is 3.32. The lowest BCUT2D eigenvalue weighted by molar-refractivity contribution is -0.130. The zero-order valence-corrected chi connectivity index (χ0v) is 19.7. The summed E-state index contributed by atoms with van der Waals surface area (Å²) in [6, 6.07) is 15.5. The number of nitrogens with one attached hydrogen (secondary N) is 2. The molecule has 2 saturated heterocycles. The fourth-order valence-electron chi connectivity index (χ4n) is 6.17. The number of hydrogen-bond donors (Lipinski definition) is 3. The van der Waals surface area contributed by atoms with E-state index in [1.165, 1.54) is 23.1 Å². The van der Waals surface area contributed by atoms with E-state index in [4.69, 9.17) is 0 Å². The van der Waals surface area contributed by atoms with E-state index in [0.29, 0.717) is 23.4 Å². The molecular weight excluding hydrogens is 461 g/mol. The fourth-order valence-corrected chi connectivity index (χ4v) is 6.17. The van der Waals surface area contributed by atoms with E-state index in [0.717, 1.165) is 16.7 Å². The van der Waals surface area contributed by atoms with E-state index in [-0.39, 0.29) is 11.7 Å². The minimum Gasteiger partial charge on any atom is -0.508 e. The summed E-state index contributed by atoms with van der Waals surface area (Å²) in [4.78, 5) is 42.7. The van der Waals surface area contributed by atoms with Crippen LogP contribution < -0.4 is 15.5 Å². The number of carbonyl (C=O) groups is 3. The van der Waals surface area contributed by atoms with Crippen molar-refractivity contribution in [2.24, 2.45) is 11.8 Å². The minimum atomic E-state index is -1.58. The molecule has 0 bridgehead atoms. The molecule has 1 spiro atoms. The maximum Gasteiger partial charge on any atom is 0.250 e. The summed E-state index contributed by atoms with van der Waals surface area (Å²) in [5.74, 6) is -3.66. The molecule has 3 aromatic rings. The quantitative estimate of drug-likeness (QED) is 0.495. The van der Waals surface area contributed by atoms with Gasteiger partial charge in [0, 0.05) is 17.3 Å². The number of imide groups is 1. The average molecular weight is 486 g/mol. The molecule has 3 aliphatic heterocycles. The number of aromatic hydroxyl groups is 1. The van der Waals surface area contributed by atoms with Crippen molar-refractivity contribution in [3.8, 4) is 5.75 Å². The number of phenolic OH excluding ortho intramolecular Hbond substituents is 1. The zero-order chi connectivity index (χ0) is 25.4. The summed E-state index contributed by atoms with van der Waals surface area (Å²) in [7, 11) is 0. The molecule has 0 aliphatic carbocycles. The smallest absolute Gasteiger partial charge is 0.250 e. The molecule has 182 valence electrons. The molecule has 8 heteroatoms. The first-order valence-corrected chi connectivity index (χ1v) is 11.8. The normalized spacial score (nSPS) is 26.5. The first-order chi connectivity index (χ1) is 17.2. The summed E-state index contributed by atoms with van der Waals surface area (Å²) < 4.78 is 14.4. The third-order valence-electron chi connectivity index (χ3n) is 7.53. The van der Waals surface area contributed by atoms with Crippen molar-refractivity contribution < 1.29 is 23.9 Å². The topological polar surface area (TPSA) is 98.7 Å². The zero-order valence-electron chi connectivity index (χ0n) is 19.7. The molecule has 0 aromatic heterocycles. The molecule has 36 heavy (non-hydrogen) atoms. The molecule has 2 fully saturated rings. The Kier molecular flexibility index (Phi) is 4.82. The molecule has 6 rings (SSSR count). The van der Waals surface area contributed by atoms with Gasteiger partial charge in [-0.3, -0.25) is 19.7 Å². The number of phenols is 1. The number of anilines is 2. The lowest BCUT2D eigenvalue weighted by atomic mass is 9.76. The van der Waals surface area contributed by atoms with Gasteiger partial charge in [0.1, 0.15) is 17.1 Å². The standard InChI is InChI=1S/C28H24FN3O4/c1-14-9-15(2)11-18(10-14)32-25(34)23-22(12-16-3-6-19(33)7-4-16)31-28(24(23)26(32)35)20-13-17(29)5-8-21(20)30-27(28)36/h3-11,13,22-24,31,33H,12H2,1-2H3,(H,30,36)/t22-,23-,24+,28+/m1/s1. The Hall–Kier alpha value is -4.04. The Labute approximate surface area is 206 Å². The van der Waals surface area contributed by atoms with Gasteiger partial charge in [-0.1, -0.05) is 18.2 Å². The van der Waals surface area contributed by atoms with Crippen LogP contribution in [0.15, 0.2) is 60.7 Å². The Morgan fingerprint density at radius 1 is 0.944 bits per heavy atom. The summed E-state index contributed by atoms with van der Waals surface area (Å²) in [5.41, 5.74) is 2.27. The Morgan fingerprint density at radius 3 is 2.33 bits per heavy atom. The number of carbonyl (C=O) groups excluding carboxylic acids is 3. The van der Waals surface area contributed by atoms with Gasteiger partial charge in [0.2, 0.25) is 17.7 Å². The van der Waals surface area contributed by atoms with Gasteiger partial charge >= 0.3 is 0 Å². The van der Waals surface area contributed by atoms with Gasteiger partial charge in [0.05, 0.1) is 17.5 Å². The van der Waals surface area contributed by atoms with Gasteiger partial charge in [-0.2, -0.15) is 0 Å². The lowest BCUT2D eigenvalue weighted by Crippen LogP contribution is -2.53. The molecule has 4 atom stereocenters. The molecule has 0 saturated carbocycles. The van der Waals surface area contributed by atoms with Gasteiger partial charge < -0.3 is 10.4 Å². The number of aryl methyl sites for hydroxylation is 2. The van der Waals surface area contributed by atoms with Crippen LogP contribution in [-0.4, -0.2) is 28.9 Å². The lowest BCUT2D eigenvalue weighted by Gasteiger charge is -2.29. The van der Waals surface area contributed by atoms with Gasteiger partial charge in [-0.15, -0.1) is 0 Å². The van der Waals surface area contributed by atoms with E-state index in [1.807, 2.05) is 19.9 Å². The molecule has 0 radical (unpaired) electrons. The van der Waals surface area contributed by atoms with Crippen molar-refractivity contribution in [3.63, 3.8) is 0 Å². The predicted molar refractivity (Wildman–Crippen MR) is 131 cm³/mol. The van der Waals surface area contributed by atoms with Crippen LogP contribution >= 0.6 is 0 Å². The van der Waals surface area contributed by atoms with Gasteiger partial charge in [0.25, 0.3) is 0 Å². The number of hydrogen-bond acceptors (Lipinski definition) is 5. The minimum absolute atomic E-state index is 0.111. The first-order valence-electron chi connectivity index (χ1n) is 11.8. The second kappa shape index (κ2) is 7.73. The summed E-state index contributed by atoms with van der Waals surface area (Å²) in [5, 5.41) is 15.8. The van der Waals surface area contributed by atoms with Crippen LogP contribution in [0.2, 0.25) is 0 Å². The van der Waals surface area contributed by atoms with Crippen LogP contribution in [0.4, 0.5) is 15.8 Å². The Balaban J connectivity index is 1.51. The van der Waals surface area contributed by atoms with Crippen LogP contribution in [0.5, 0.6) is 5.75 Å². The Morgan fingerprint density at radius 2 is 1.64 bits per heavy atom. The van der Waals surface area contributed by atoms with Crippen LogP contribution in [0.3, 0.4) is 0 Å². The van der Waals surface area contributed by atoms with Gasteiger partial charge in [0.15, 0.2) is 0 Å². The SMILES string of the molecule is Cc1cc(C)cc(N2C(=O)[C@H]3[C@@H](C2=O)[C@]2(N[C@@H]3Cc3ccc(O)cc3)C(=O)Nc3ccc(F)cc32)c1. The van der Waals surface area contributed by atoms with Crippen LogP contribution in [0, 0.1) is 31.5 Å². The fraction of sp³-hybridized carbons (Fsp3) is 0.250. The summed E-state index contributed by atoms with van der Waals surface area (Å²) >= 11 is 0. The van der Waals surface area contributed by atoms with Crippen molar-refractivity contribution in [2.45, 2.75) is 31.8 Å². The molecule has 3 amide bonds. The maximum atomic E-state index is 14.4. The largest absolute Gasteiger partial charge is 0.508 e.